The lowest BCUT2D eigenvalue weighted by molar-refractivity contribution is 0.0741. The average Bonchev–Trinajstić information content (AvgIpc) is 2.66. The Morgan fingerprint density at radius 3 is 2.43 bits per heavy atom. The first-order valence-corrected chi connectivity index (χ1v) is 9.40. The first kappa shape index (κ1) is 22.0. The summed E-state index contributed by atoms with van der Waals surface area (Å²) in [6.45, 7) is 5.60. The van der Waals surface area contributed by atoms with Crippen LogP contribution in [-0.4, -0.2) is 61.7 Å². The number of aliphatic hydroxyl groups excluding tert-OH is 2. The van der Waals surface area contributed by atoms with Gasteiger partial charge in [-0.15, -0.1) is 0 Å². The summed E-state index contributed by atoms with van der Waals surface area (Å²) >= 11 is 0. The van der Waals surface area contributed by atoms with E-state index in [1.807, 2.05) is 56.1 Å². The molecule has 0 amide bonds. The Balaban J connectivity index is 1.86. The van der Waals surface area contributed by atoms with Gasteiger partial charge in [-0.1, -0.05) is 23.8 Å². The third kappa shape index (κ3) is 6.71. The molecule has 0 bridgehead atoms. The third-order valence-electron chi connectivity index (χ3n) is 4.31. The molecule has 6 nitrogen and oxygen atoms in total. The number of aliphatic hydroxyl groups is 2. The Morgan fingerprint density at radius 1 is 1.00 bits per heavy atom. The van der Waals surface area contributed by atoms with Gasteiger partial charge in [0.25, 0.3) is 0 Å². The summed E-state index contributed by atoms with van der Waals surface area (Å²) in [5.74, 6) is 2.03. The summed E-state index contributed by atoms with van der Waals surface area (Å²) in [6, 6.07) is 11.7. The maximum Gasteiger partial charge on any atom is 0.161 e. The van der Waals surface area contributed by atoms with Gasteiger partial charge in [-0.25, -0.2) is 0 Å². The van der Waals surface area contributed by atoms with Crippen LogP contribution in [0, 0.1) is 13.8 Å². The molecule has 0 aliphatic rings. The Hall–Kier alpha value is -2.28. The number of aryl methyl sites for hydroxylation is 2. The van der Waals surface area contributed by atoms with Gasteiger partial charge in [-0.05, 0) is 50.2 Å². The topological polar surface area (TPSA) is 71.4 Å². The summed E-state index contributed by atoms with van der Waals surface area (Å²) < 4.78 is 16.6. The van der Waals surface area contributed by atoms with Crippen molar-refractivity contribution in [3.63, 3.8) is 0 Å². The lowest BCUT2D eigenvalue weighted by atomic mass is 10.1. The third-order valence-corrected chi connectivity index (χ3v) is 4.31. The SMILES string of the molecule is COc1cc(CN(C)C[C@H](O)COc2ccc(C)cc2C)ccc1OCCO. The highest BCUT2D eigenvalue weighted by molar-refractivity contribution is 5.43. The fourth-order valence-corrected chi connectivity index (χ4v) is 3.02. The second-order valence-corrected chi connectivity index (χ2v) is 6.99. The van der Waals surface area contributed by atoms with Crippen LogP contribution in [0.3, 0.4) is 0 Å². The van der Waals surface area contributed by atoms with Crippen molar-refractivity contribution in [3.05, 3.63) is 53.1 Å². The van der Waals surface area contributed by atoms with Crippen LogP contribution in [0.15, 0.2) is 36.4 Å². The molecule has 0 unspecified atom stereocenters. The number of methoxy groups -OCH3 is 1. The minimum absolute atomic E-state index is 0.0459. The van der Waals surface area contributed by atoms with E-state index in [1.54, 1.807) is 7.11 Å². The van der Waals surface area contributed by atoms with Gasteiger partial charge in [0.2, 0.25) is 0 Å². The first-order valence-electron chi connectivity index (χ1n) is 9.40. The normalized spacial score (nSPS) is 12.1. The molecule has 0 aliphatic heterocycles. The highest BCUT2D eigenvalue weighted by Crippen LogP contribution is 2.28. The molecule has 0 spiro atoms. The van der Waals surface area contributed by atoms with Gasteiger partial charge in [0.1, 0.15) is 25.1 Å². The maximum atomic E-state index is 10.3. The minimum atomic E-state index is -0.597. The summed E-state index contributed by atoms with van der Waals surface area (Å²) in [5, 5.41) is 19.2. The molecule has 6 heteroatoms. The van der Waals surface area contributed by atoms with Gasteiger partial charge in [0.05, 0.1) is 13.7 Å². The lowest BCUT2D eigenvalue weighted by Gasteiger charge is -2.22. The van der Waals surface area contributed by atoms with Crippen molar-refractivity contribution in [3.8, 4) is 17.2 Å². The Kier molecular flexibility index (Phi) is 8.57. The summed E-state index contributed by atoms with van der Waals surface area (Å²) in [5.41, 5.74) is 3.29. The zero-order valence-corrected chi connectivity index (χ0v) is 17.1. The van der Waals surface area contributed by atoms with E-state index < -0.39 is 6.10 Å². The van der Waals surface area contributed by atoms with Crippen LogP contribution in [0.4, 0.5) is 0 Å². The molecule has 0 radical (unpaired) electrons. The summed E-state index contributed by atoms with van der Waals surface area (Å²) in [7, 11) is 3.53. The van der Waals surface area contributed by atoms with Crippen molar-refractivity contribution in [2.45, 2.75) is 26.5 Å². The Bertz CT molecular complexity index is 750. The van der Waals surface area contributed by atoms with Crippen LogP contribution in [0.25, 0.3) is 0 Å². The van der Waals surface area contributed by atoms with Crippen LogP contribution >= 0.6 is 0 Å². The molecule has 2 N–H and O–H groups in total. The van der Waals surface area contributed by atoms with Crippen LogP contribution < -0.4 is 14.2 Å². The highest BCUT2D eigenvalue weighted by atomic mass is 16.5. The van der Waals surface area contributed by atoms with E-state index in [1.165, 1.54) is 5.56 Å². The van der Waals surface area contributed by atoms with Gasteiger partial charge in [0.15, 0.2) is 11.5 Å². The van der Waals surface area contributed by atoms with E-state index in [2.05, 4.69) is 6.07 Å². The van der Waals surface area contributed by atoms with Gasteiger partial charge in [-0.3, -0.25) is 4.90 Å². The van der Waals surface area contributed by atoms with Crippen LogP contribution in [0.1, 0.15) is 16.7 Å². The molecule has 0 heterocycles. The van der Waals surface area contributed by atoms with E-state index in [0.717, 1.165) is 16.9 Å². The molecule has 0 saturated carbocycles. The second kappa shape index (κ2) is 10.9. The Morgan fingerprint density at radius 2 is 1.75 bits per heavy atom. The number of likely N-dealkylation sites (N-methyl/N-ethyl adjacent to an activating group) is 1. The molecule has 0 aromatic heterocycles. The number of hydrogen-bond donors (Lipinski definition) is 2. The van der Waals surface area contributed by atoms with Gasteiger partial charge in [0, 0.05) is 13.1 Å². The summed E-state index contributed by atoms with van der Waals surface area (Å²) in [6.07, 6.45) is -0.597. The smallest absolute Gasteiger partial charge is 0.161 e. The highest BCUT2D eigenvalue weighted by Gasteiger charge is 2.12. The molecule has 0 saturated heterocycles. The second-order valence-electron chi connectivity index (χ2n) is 6.99. The molecule has 2 aromatic rings. The molecule has 154 valence electrons. The fourth-order valence-electron chi connectivity index (χ4n) is 3.02. The number of nitrogens with zero attached hydrogens (tertiary/aromatic N) is 1. The van der Waals surface area contributed by atoms with E-state index >= 15 is 0 Å². The van der Waals surface area contributed by atoms with E-state index in [9.17, 15) is 5.11 Å². The minimum Gasteiger partial charge on any atom is -0.493 e. The quantitative estimate of drug-likeness (QED) is 0.616. The molecular formula is C22H31NO5. The number of benzene rings is 2. The monoisotopic (exact) mass is 389 g/mol. The van der Waals surface area contributed by atoms with E-state index in [4.69, 9.17) is 19.3 Å². The zero-order chi connectivity index (χ0) is 20.5. The van der Waals surface area contributed by atoms with E-state index in [0.29, 0.717) is 24.6 Å². The average molecular weight is 389 g/mol. The van der Waals surface area contributed by atoms with Crippen molar-refractivity contribution in [2.75, 3.05) is 40.5 Å². The van der Waals surface area contributed by atoms with Crippen molar-refractivity contribution in [1.29, 1.82) is 0 Å². The zero-order valence-electron chi connectivity index (χ0n) is 17.1. The molecule has 2 rings (SSSR count). The largest absolute Gasteiger partial charge is 0.493 e. The number of hydrogen-bond acceptors (Lipinski definition) is 6. The van der Waals surface area contributed by atoms with Crippen molar-refractivity contribution < 1.29 is 24.4 Å². The summed E-state index contributed by atoms with van der Waals surface area (Å²) in [4.78, 5) is 2.03. The standard InChI is InChI=1S/C22H31NO5/c1-16-5-7-20(17(2)11-16)28-15-19(25)14-23(3)13-18-6-8-21(27-10-9-24)22(12-18)26-4/h5-8,11-12,19,24-25H,9-10,13-15H2,1-4H3/t19-/m0/s1. The molecule has 28 heavy (non-hydrogen) atoms. The first-order chi connectivity index (χ1) is 13.4. The van der Waals surface area contributed by atoms with Crippen molar-refractivity contribution >= 4 is 0 Å². The molecular weight excluding hydrogens is 358 g/mol. The van der Waals surface area contributed by atoms with E-state index in [-0.39, 0.29) is 19.8 Å². The fraction of sp³-hybridized carbons (Fsp3) is 0.455. The predicted octanol–water partition coefficient (Wildman–Crippen LogP) is 2.55. The van der Waals surface area contributed by atoms with Crippen molar-refractivity contribution in [1.82, 2.24) is 4.90 Å². The lowest BCUT2D eigenvalue weighted by Crippen LogP contribution is -2.32. The molecule has 0 fully saturated rings. The molecule has 0 aliphatic carbocycles. The van der Waals surface area contributed by atoms with Gasteiger partial charge >= 0.3 is 0 Å². The van der Waals surface area contributed by atoms with Crippen LogP contribution in [-0.2, 0) is 6.54 Å². The molecule has 1 atom stereocenters. The van der Waals surface area contributed by atoms with Crippen molar-refractivity contribution in [2.24, 2.45) is 0 Å². The maximum absolute atomic E-state index is 10.3. The number of rotatable bonds is 11. The predicted molar refractivity (Wildman–Crippen MR) is 109 cm³/mol. The Labute approximate surface area is 167 Å². The van der Waals surface area contributed by atoms with Crippen LogP contribution in [0.2, 0.25) is 0 Å². The van der Waals surface area contributed by atoms with Crippen LogP contribution in [0.5, 0.6) is 17.2 Å². The molecule has 2 aromatic carbocycles. The van der Waals surface area contributed by atoms with Gasteiger partial charge in [-0.2, -0.15) is 0 Å². The van der Waals surface area contributed by atoms with Gasteiger partial charge < -0.3 is 24.4 Å². The number of ether oxygens (including phenoxy) is 3.